The smallest absolute Gasteiger partial charge is 0.256 e. The highest BCUT2D eigenvalue weighted by atomic mass is 79.9. The highest BCUT2D eigenvalue weighted by molar-refractivity contribution is 9.10. The number of benzene rings is 1. The minimum Gasteiger partial charge on any atom is -0.494 e. The number of hydrogen-bond acceptors (Lipinski definition) is 3. The van der Waals surface area contributed by atoms with Crippen molar-refractivity contribution in [3.05, 3.63) is 52.4 Å². The summed E-state index contributed by atoms with van der Waals surface area (Å²) in [5.74, 6) is -0.457. The van der Waals surface area contributed by atoms with Gasteiger partial charge in [-0.3, -0.25) is 4.79 Å². The van der Waals surface area contributed by atoms with Gasteiger partial charge in [0.15, 0.2) is 11.6 Å². The molecule has 19 heavy (non-hydrogen) atoms. The van der Waals surface area contributed by atoms with Crippen molar-refractivity contribution < 1.29 is 13.9 Å². The first-order valence-corrected chi connectivity index (χ1v) is 6.16. The average molecular weight is 325 g/mol. The van der Waals surface area contributed by atoms with E-state index < -0.39 is 5.82 Å². The van der Waals surface area contributed by atoms with Crippen LogP contribution in [0.15, 0.2) is 41.0 Å². The first-order chi connectivity index (χ1) is 9.10. The molecule has 1 N–H and O–H groups in total. The molecule has 0 radical (unpaired) electrons. The molecule has 0 aliphatic heterocycles. The van der Waals surface area contributed by atoms with Crippen molar-refractivity contribution in [3.63, 3.8) is 0 Å². The molecule has 0 saturated carbocycles. The molecule has 6 heteroatoms. The minimum absolute atomic E-state index is 0.0245. The number of aromatic nitrogens is 1. The van der Waals surface area contributed by atoms with E-state index in [0.717, 1.165) is 4.47 Å². The van der Waals surface area contributed by atoms with E-state index in [0.29, 0.717) is 11.4 Å². The highest BCUT2D eigenvalue weighted by Crippen LogP contribution is 2.19. The molecule has 98 valence electrons. The van der Waals surface area contributed by atoms with Crippen molar-refractivity contribution in [2.24, 2.45) is 0 Å². The molecule has 1 aromatic heterocycles. The summed E-state index contributed by atoms with van der Waals surface area (Å²) in [7, 11) is 1.34. The van der Waals surface area contributed by atoms with Crippen LogP contribution >= 0.6 is 15.9 Å². The lowest BCUT2D eigenvalue weighted by Gasteiger charge is -2.06. The van der Waals surface area contributed by atoms with Gasteiger partial charge in [-0.2, -0.15) is 0 Å². The lowest BCUT2D eigenvalue weighted by molar-refractivity contribution is 0.102. The summed E-state index contributed by atoms with van der Waals surface area (Å²) in [5.41, 5.74) is 0.294. The van der Waals surface area contributed by atoms with Gasteiger partial charge in [-0.25, -0.2) is 9.37 Å². The van der Waals surface area contributed by atoms with Crippen molar-refractivity contribution in [1.29, 1.82) is 0 Å². The van der Waals surface area contributed by atoms with Crippen LogP contribution in [-0.4, -0.2) is 18.0 Å². The van der Waals surface area contributed by atoms with E-state index in [1.807, 2.05) is 0 Å². The van der Waals surface area contributed by atoms with Crippen LogP contribution in [0.1, 0.15) is 10.4 Å². The number of halogens is 2. The molecule has 0 bridgehead atoms. The fourth-order valence-electron chi connectivity index (χ4n) is 1.44. The zero-order chi connectivity index (χ0) is 13.8. The number of ether oxygens (including phenoxy) is 1. The Balaban J connectivity index is 2.18. The van der Waals surface area contributed by atoms with E-state index in [2.05, 4.69) is 26.2 Å². The molecule has 0 aliphatic rings. The molecule has 1 heterocycles. The van der Waals surface area contributed by atoms with Crippen LogP contribution in [0, 0.1) is 5.82 Å². The van der Waals surface area contributed by atoms with Crippen molar-refractivity contribution in [1.82, 2.24) is 4.98 Å². The maximum atomic E-state index is 13.2. The van der Waals surface area contributed by atoms with Gasteiger partial charge in [0.2, 0.25) is 0 Å². The van der Waals surface area contributed by atoms with Crippen molar-refractivity contribution >= 4 is 27.7 Å². The molecular formula is C13H10BrFN2O2. The SMILES string of the molecule is COc1cc(C(=O)Nc2ccc(Br)cn2)ccc1F. The number of amides is 1. The van der Waals surface area contributed by atoms with Crippen LogP contribution in [-0.2, 0) is 0 Å². The highest BCUT2D eigenvalue weighted by Gasteiger charge is 2.10. The quantitative estimate of drug-likeness (QED) is 0.942. The minimum atomic E-state index is -0.513. The fraction of sp³-hybridized carbons (Fsp3) is 0.0769. The van der Waals surface area contributed by atoms with Crippen molar-refractivity contribution in [2.45, 2.75) is 0 Å². The predicted molar refractivity (Wildman–Crippen MR) is 72.8 cm³/mol. The molecule has 0 fully saturated rings. The number of nitrogens with zero attached hydrogens (tertiary/aromatic N) is 1. The molecule has 0 aliphatic carbocycles. The fourth-order valence-corrected chi connectivity index (χ4v) is 1.67. The number of anilines is 1. The first-order valence-electron chi connectivity index (χ1n) is 5.36. The summed E-state index contributed by atoms with van der Waals surface area (Å²) in [4.78, 5) is 16.0. The Morgan fingerprint density at radius 2 is 2.16 bits per heavy atom. The van der Waals surface area contributed by atoms with Crippen LogP contribution in [0.5, 0.6) is 5.75 Å². The Bertz CT molecular complexity index is 602. The Hall–Kier alpha value is -1.95. The van der Waals surface area contributed by atoms with Crippen LogP contribution in [0.2, 0.25) is 0 Å². The number of pyridine rings is 1. The van der Waals surface area contributed by atoms with Gasteiger partial charge < -0.3 is 10.1 Å². The van der Waals surface area contributed by atoms with Crippen LogP contribution in [0.3, 0.4) is 0 Å². The van der Waals surface area contributed by atoms with Crippen molar-refractivity contribution in [2.75, 3.05) is 12.4 Å². The third-order valence-electron chi connectivity index (χ3n) is 2.38. The zero-order valence-corrected chi connectivity index (χ0v) is 11.6. The maximum absolute atomic E-state index is 13.2. The van der Waals surface area contributed by atoms with Gasteiger partial charge in [0.05, 0.1) is 7.11 Å². The molecule has 0 atom stereocenters. The summed E-state index contributed by atoms with van der Waals surface area (Å²) < 4.78 is 18.9. The zero-order valence-electron chi connectivity index (χ0n) is 9.98. The van der Waals surface area contributed by atoms with Crippen molar-refractivity contribution in [3.8, 4) is 5.75 Å². The van der Waals surface area contributed by atoms with Crippen LogP contribution in [0.25, 0.3) is 0 Å². The number of carbonyl (C=O) groups is 1. The average Bonchev–Trinajstić information content (AvgIpc) is 2.42. The van der Waals surface area contributed by atoms with Gasteiger partial charge in [0.25, 0.3) is 5.91 Å². The summed E-state index contributed by atoms with van der Waals surface area (Å²) >= 11 is 3.25. The van der Waals surface area contributed by atoms with E-state index in [-0.39, 0.29) is 11.7 Å². The summed E-state index contributed by atoms with van der Waals surface area (Å²) in [6.45, 7) is 0. The lowest BCUT2D eigenvalue weighted by atomic mass is 10.2. The maximum Gasteiger partial charge on any atom is 0.256 e. The molecule has 0 unspecified atom stereocenters. The van der Waals surface area contributed by atoms with Crippen LogP contribution in [0.4, 0.5) is 10.2 Å². The Morgan fingerprint density at radius 3 is 2.79 bits per heavy atom. The molecule has 1 aromatic carbocycles. The van der Waals surface area contributed by atoms with Gasteiger partial charge in [0, 0.05) is 16.2 Å². The molecule has 4 nitrogen and oxygen atoms in total. The van der Waals surface area contributed by atoms with Gasteiger partial charge in [0.1, 0.15) is 5.82 Å². The predicted octanol–water partition coefficient (Wildman–Crippen LogP) is 3.24. The Morgan fingerprint density at radius 1 is 1.37 bits per heavy atom. The van der Waals surface area contributed by atoms with E-state index in [1.54, 1.807) is 18.3 Å². The topological polar surface area (TPSA) is 51.2 Å². The largest absolute Gasteiger partial charge is 0.494 e. The Kier molecular flexibility index (Phi) is 4.11. The summed E-state index contributed by atoms with van der Waals surface area (Å²) in [5, 5.41) is 2.61. The third kappa shape index (κ3) is 3.29. The second-order valence-corrected chi connectivity index (χ2v) is 4.58. The van der Waals surface area contributed by atoms with E-state index in [4.69, 9.17) is 4.74 Å². The summed E-state index contributed by atoms with van der Waals surface area (Å²) in [6.07, 6.45) is 1.57. The molecule has 0 saturated heterocycles. The number of methoxy groups -OCH3 is 1. The standard InChI is InChI=1S/C13H10BrFN2O2/c1-19-11-6-8(2-4-10(11)15)13(18)17-12-5-3-9(14)7-16-12/h2-7H,1H3,(H,16,17,18). The molecule has 1 amide bonds. The Labute approximate surface area is 117 Å². The van der Waals surface area contributed by atoms with Crippen LogP contribution < -0.4 is 10.1 Å². The molecule has 2 aromatic rings. The second-order valence-electron chi connectivity index (χ2n) is 3.67. The van der Waals surface area contributed by atoms with Gasteiger partial charge in [-0.15, -0.1) is 0 Å². The first kappa shape index (κ1) is 13.5. The molecule has 2 rings (SSSR count). The summed E-state index contributed by atoms with van der Waals surface area (Å²) in [6, 6.07) is 7.31. The second kappa shape index (κ2) is 5.79. The third-order valence-corrected chi connectivity index (χ3v) is 2.85. The van der Waals surface area contributed by atoms with Gasteiger partial charge in [-0.05, 0) is 46.3 Å². The van der Waals surface area contributed by atoms with E-state index >= 15 is 0 Å². The van der Waals surface area contributed by atoms with E-state index in [1.165, 1.54) is 25.3 Å². The number of rotatable bonds is 3. The number of nitrogens with one attached hydrogen (secondary N) is 1. The number of hydrogen-bond donors (Lipinski definition) is 1. The lowest BCUT2D eigenvalue weighted by Crippen LogP contribution is -2.13. The number of carbonyl (C=O) groups excluding carboxylic acids is 1. The van der Waals surface area contributed by atoms with Gasteiger partial charge in [-0.1, -0.05) is 0 Å². The molecule has 0 spiro atoms. The molecular weight excluding hydrogens is 315 g/mol. The normalized spacial score (nSPS) is 10.1. The van der Waals surface area contributed by atoms with E-state index in [9.17, 15) is 9.18 Å². The van der Waals surface area contributed by atoms with Gasteiger partial charge >= 0.3 is 0 Å². The monoisotopic (exact) mass is 324 g/mol.